The molecule has 0 aromatic heterocycles. The fourth-order valence-corrected chi connectivity index (χ4v) is 3.36. The number of nitrogens with zero attached hydrogens (tertiary/aromatic N) is 1. The molecule has 0 bridgehead atoms. The first kappa shape index (κ1) is 11.1. The summed E-state index contributed by atoms with van der Waals surface area (Å²) >= 11 is 0. The smallest absolute Gasteiger partial charge is 0.127 e. The van der Waals surface area contributed by atoms with Crippen LogP contribution in [0.15, 0.2) is 0 Å². The summed E-state index contributed by atoms with van der Waals surface area (Å²) in [6, 6.07) is 0.752. The molecular weight excluding hydrogens is 186 g/mol. The topological polar surface area (TPSA) is 20.3 Å². The maximum Gasteiger partial charge on any atom is 0.127 e. The molecule has 2 rings (SSSR count). The Hall–Kier alpha value is -0.370. The Bertz CT molecular complexity index is 215. The lowest BCUT2D eigenvalue weighted by Gasteiger charge is -2.32. The molecule has 2 fully saturated rings. The summed E-state index contributed by atoms with van der Waals surface area (Å²) in [6.07, 6.45) is 11.4. The second kappa shape index (κ2) is 4.65. The van der Waals surface area contributed by atoms with Crippen molar-refractivity contribution in [2.24, 2.45) is 5.41 Å². The number of aldehydes is 1. The Balaban J connectivity index is 1.90. The molecule has 0 aromatic carbocycles. The summed E-state index contributed by atoms with van der Waals surface area (Å²) in [5.41, 5.74) is 0.0113. The normalized spacial score (nSPS) is 26.3. The van der Waals surface area contributed by atoms with E-state index in [1.165, 1.54) is 44.8 Å². The minimum atomic E-state index is 0.0113. The van der Waals surface area contributed by atoms with Crippen LogP contribution in [0.2, 0.25) is 0 Å². The van der Waals surface area contributed by atoms with Crippen molar-refractivity contribution in [3.8, 4) is 0 Å². The van der Waals surface area contributed by atoms with E-state index in [-0.39, 0.29) is 5.41 Å². The lowest BCUT2D eigenvalue weighted by molar-refractivity contribution is -0.117. The van der Waals surface area contributed by atoms with Gasteiger partial charge in [0.15, 0.2) is 0 Å². The predicted octanol–water partition coefficient (Wildman–Crippen LogP) is 2.62. The van der Waals surface area contributed by atoms with Crippen LogP contribution in [0.4, 0.5) is 0 Å². The molecule has 0 atom stereocenters. The van der Waals surface area contributed by atoms with Crippen LogP contribution in [0.5, 0.6) is 0 Å². The molecular formula is C13H23NO. The van der Waals surface area contributed by atoms with Crippen LogP contribution in [-0.2, 0) is 4.79 Å². The van der Waals surface area contributed by atoms with Gasteiger partial charge in [0.2, 0.25) is 0 Å². The molecule has 15 heavy (non-hydrogen) atoms. The number of rotatable bonds is 4. The van der Waals surface area contributed by atoms with Crippen molar-refractivity contribution >= 4 is 6.29 Å². The summed E-state index contributed by atoms with van der Waals surface area (Å²) in [5, 5.41) is 0. The van der Waals surface area contributed by atoms with Crippen molar-refractivity contribution in [3.05, 3.63) is 0 Å². The van der Waals surface area contributed by atoms with Crippen molar-refractivity contribution in [2.45, 2.75) is 57.4 Å². The van der Waals surface area contributed by atoms with Crippen LogP contribution in [0.25, 0.3) is 0 Å². The first-order chi connectivity index (χ1) is 7.26. The van der Waals surface area contributed by atoms with Crippen LogP contribution >= 0.6 is 0 Å². The monoisotopic (exact) mass is 209 g/mol. The van der Waals surface area contributed by atoms with E-state index in [9.17, 15) is 4.79 Å². The molecule has 0 spiro atoms. The van der Waals surface area contributed by atoms with Crippen LogP contribution in [0.1, 0.15) is 51.4 Å². The van der Waals surface area contributed by atoms with Gasteiger partial charge in [-0.3, -0.25) is 0 Å². The van der Waals surface area contributed by atoms with E-state index in [2.05, 4.69) is 11.9 Å². The summed E-state index contributed by atoms with van der Waals surface area (Å²) in [7, 11) is 2.21. The molecule has 0 unspecified atom stereocenters. The molecule has 0 heterocycles. The van der Waals surface area contributed by atoms with Crippen molar-refractivity contribution in [1.82, 2.24) is 4.90 Å². The third-order valence-corrected chi connectivity index (χ3v) is 4.36. The van der Waals surface area contributed by atoms with Crippen molar-refractivity contribution in [1.29, 1.82) is 0 Å². The van der Waals surface area contributed by atoms with E-state index in [0.29, 0.717) is 0 Å². The summed E-state index contributed by atoms with van der Waals surface area (Å²) < 4.78 is 0. The van der Waals surface area contributed by atoms with Crippen molar-refractivity contribution in [3.63, 3.8) is 0 Å². The van der Waals surface area contributed by atoms with Crippen LogP contribution < -0.4 is 0 Å². The second-order valence-corrected chi connectivity index (χ2v) is 5.54. The Morgan fingerprint density at radius 2 is 1.80 bits per heavy atom. The van der Waals surface area contributed by atoms with Gasteiger partial charge in [-0.05, 0) is 32.7 Å². The van der Waals surface area contributed by atoms with E-state index >= 15 is 0 Å². The first-order valence-electron chi connectivity index (χ1n) is 6.42. The predicted molar refractivity (Wildman–Crippen MR) is 61.9 cm³/mol. The summed E-state index contributed by atoms with van der Waals surface area (Å²) in [4.78, 5) is 13.7. The van der Waals surface area contributed by atoms with Gasteiger partial charge in [0.05, 0.1) is 0 Å². The van der Waals surface area contributed by atoms with Gasteiger partial charge in [-0.2, -0.15) is 0 Å². The molecule has 2 aliphatic carbocycles. The Labute approximate surface area is 93.0 Å². The van der Waals surface area contributed by atoms with Crippen molar-refractivity contribution in [2.75, 3.05) is 13.6 Å². The van der Waals surface area contributed by atoms with Crippen LogP contribution in [0.3, 0.4) is 0 Å². The SMILES string of the molecule is CN(CC1(C=O)CCCC1)C1CCCC1. The van der Waals surface area contributed by atoms with Gasteiger partial charge in [0, 0.05) is 18.0 Å². The highest BCUT2D eigenvalue weighted by Crippen LogP contribution is 2.37. The highest BCUT2D eigenvalue weighted by molar-refractivity contribution is 5.60. The third kappa shape index (κ3) is 2.41. The quantitative estimate of drug-likeness (QED) is 0.663. The van der Waals surface area contributed by atoms with E-state index in [1.54, 1.807) is 0 Å². The van der Waals surface area contributed by atoms with Gasteiger partial charge in [-0.15, -0.1) is 0 Å². The number of hydrogen-bond donors (Lipinski definition) is 0. The summed E-state index contributed by atoms with van der Waals surface area (Å²) in [6.45, 7) is 1.00. The second-order valence-electron chi connectivity index (χ2n) is 5.54. The Kier molecular flexibility index (Phi) is 3.45. The van der Waals surface area contributed by atoms with Crippen LogP contribution in [0, 0.1) is 5.41 Å². The molecule has 2 heteroatoms. The van der Waals surface area contributed by atoms with Gasteiger partial charge >= 0.3 is 0 Å². The maximum atomic E-state index is 11.3. The van der Waals surface area contributed by atoms with E-state index in [1.807, 2.05) is 0 Å². The molecule has 0 radical (unpaired) electrons. The zero-order valence-corrected chi connectivity index (χ0v) is 9.87. The van der Waals surface area contributed by atoms with Crippen molar-refractivity contribution < 1.29 is 4.79 Å². The van der Waals surface area contributed by atoms with Gasteiger partial charge in [0.1, 0.15) is 6.29 Å². The van der Waals surface area contributed by atoms with E-state index in [0.717, 1.165) is 25.4 Å². The molecule has 0 N–H and O–H groups in total. The largest absolute Gasteiger partial charge is 0.303 e. The fourth-order valence-electron chi connectivity index (χ4n) is 3.36. The zero-order chi connectivity index (χ0) is 10.7. The average molecular weight is 209 g/mol. The Morgan fingerprint density at radius 3 is 2.33 bits per heavy atom. The van der Waals surface area contributed by atoms with Gasteiger partial charge < -0.3 is 9.69 Å². The number of carbonyl (C=O) groups excluding carboxylic acids is 1. The lowest BCUT2D eigenvalue weighted by atomic mass is 9.87. The van der Waals surface area contributed by atoms with Gasteiger partial charge in [0.25, 0.3) is 0 Å². The third-order valence-electron chi connectivity index (χ3n) is 4.36. The number of hydrogen-bond acceptors (Lipinski definition) is 2. The molecule has 0 saturated heterocycles. The fraction of sp³-hybridized carbons (Fsp3) is 0.923. The highest BCUT2D eigenvalue weighted by atomic mass is 16.1. The minimum absolute atomic E-state index is 0.0113. The standard InChI is InChI=1S/C13H23NO/c1-14(12-6-2-3-7-12)10-13(11-15)8-4-5-9-13/h11-12H,2-10H2,1H3. The molecule has 0 aliphatic heterocycles. The van der Waals surface area contributed by atoms with Crippen LogP contribution in [-0.4, -0.2) is 30.8 Å². The lowest BCUT2D eigenvalue weighted by Crippen LogP contribution is -2.39. The molecule has 2 saturated carbocycles. The maximum absolute atomic E-state index is 11.3. The summed E-state index contributed by atoms with van der Waals surface area (Å²) in [5.74, 6) is 0. The average Bonchev–Trinajstić information content (AvgIpc) is 2.88. The minimum Gasteiger partial charge on any atom is -0.303 e. The molecule has 86 valence electrons. The van der Waals surface area contributed by atoms with E-state index in [4.69, 9.17) is 0 Å². The van der Waals surface area contributed by atoms with Gasteiger partial charge in [-0.1, -0.05) is 25.7 Å². The first-order valence-corrected chi connectivity index (χ1v) is 6.42. The van der Waals surface area contributed by atoms with Gasteiger partial charge in [-0.25, -0.2) is 0 Å². The highest BCUT2D eigenvalue weighted by Gasteiger charge is 2.36. The molecule has 2 nitrogen and oxygen atoms in total. The molecule has 0 aromatic rings. The molecule has 2 aliphatic rings. The number of carbonyl (C=O) groups is 1. The van der Waals surface area contributed by atoms with E-state index < -0.39 is 0 Å². The molecule has 0 amide bonds. The Morgan fingerprint density at radius 1 is 1.20 bits per heavy atom. The zero-order valence-electron chi connectivity index (χ0n) is 9.87.